The molecule has 1 aromatic rings. The Kier molecular flexibility index (Phi) is 2.00. The molecule has 0 radical (unpaired) electrons. The molecule has 1 aromatic heterocycles. The lowest BCUT2D eigenvalue weighted by molar-refractivity contribution is 0.398. The standard InChI is InChI=1S/C5H7ClN4O/c1-11-4-2(6)3(7)9-5(8)10-4/h1H3,(H4,7,8,9,10). The van der Waals surface area contributed by atoms with Gasteiger partial charge in [0.25, 0.3) is 0 Å². The van der Waals surface area contributed by atoms with Crippen molar-refractivity contribution < 1.29 is 4.74 Å². The molecule has 0 bridgehead atoms. The summed E-state index contributed by atoms with van der Waals surface area (Å²) in [6, 6.07) is 0. The first-order chi connectivity index (χ1) is 5.15. The van der Waals surface area contributed by atoms with Crippen LogP contribution in [0.2, 0.25) is 5.02 Å². The number of aromatic nitrogens is 2. The lowest BCUT2D eigenvalue weighted by atomic mass is 10.5. The molecule has 0 aliphatic heterocycles. The molecule has 5 nitrogen and oxygen atoms in total. The van der Waals surface area contributed by atoms with Gasteiger partial charge in [0.15, 0.2) is 5.82 Å². The third-order valence-corrected chi connectivity index (χ3v) is 1.41. The van der Waals surface area contributed by atoms with Crippen molar-refractivity contribution in [3.63, 3.8) is 0 Å². The van der Waals surface area contributed by atoms with Crippen molar-refractivity contribution in [3.8, 4) is 5.88 Å². The van der Waals surface area contributed by atoms with Crippen LogP contribution in [0.15, 0.2) is 0 Å². The van der Waals surface area contributed by atoms with Crippen molar-refractivity contribution >= 4 is 23.4 Å². The van der Waals surface area contributed by atoms with Gasteiger partial charge in [-0.3, -0.25) is 0 Å². The zero-order valence-electron chi connectivity index (χ0n) is 5.84. The smallest absolute Gasteiger partial charge is 0.239 e. The fraction of sp³-hybridized carbons (Fsp3) is 0.200. The van der Waals surface area contributed by atoms with Crippen LogP contribution in [-0.4, -0.2) is 17.1 Å². The van der Waals surface area contributed by atoms with Gasteiger partial charge in [0.2, 0.25) is 11.8 Å². The van der Waals surface area contributed by atoms with E-state index in [1.54, 1.807) is 0 Å². The summed E-state index contributed by atoms with van der Waals surface area (Å²) < 4.78 is 4.76. The second kappa shape index (κ2) is 2.79. The van der Waals surface area contributed by atoms with Gasteiger partial charge in [-0.25, -0.2) is 0 Å². The highest BCUT2D eigenvalue weighted by atomic mass is 35.5. The van der Waals surface area contributed by atoms with Crippen molar-refractivity contribution in [3.05, 3.63) is 5.02 Å². The van der Waals surface area contributed by atoms with E-state index in [4.69, 9.17) is 27.8 Å². The summed E-state index contributed by atoms with van der Waals surface area (Å²) in [5.41, 5.74) is 10.6. The predicted octanol–water partition coefficient (Wildman–Crippen LogP) is 0.303. The van der Waals surface area contributed by atoms with E-state index in [1.165, 1.54) is 7.11 Å². The topological polar surface area (TPSA) is 87.0 Å². The molecule has 1 heterocycles. The highest BCUT2D eigenvalue weighted by molar-refractivity contribution is 6.34. The lowest BCUT2D eigenvalue weighted by Gasteiger charge is -2.03. The minimum atomic E-state index is 0.0451. The third kappa shape index (κ3) is 1.43. The molecule has 6 heteroatoms. The molecule has 0 spiro atoms. The highest BCUT2D eigenvalue weighted by Gasteiger charge is 2.07. The fourth-order valence-corrected chi connectivity index (χ4v) is 0.757. The number of hydrogen-bond acceptors (Lipinski definition) is 5. The molecule has 0 fully saturated rings. The Morgan fingerprint density at radius 1 is 1.36 bits per heavy atom. The van der Waals surface area contributed by atoms with Crippen LogP contribution in [0.3, 0.4) is 0 Å². The molecule has 11 heavy (non-hydrogen) atoms. The number of halogens is 1. The van der Waals surface area contributed by atoms with Crippen LogP contribution in [0, 0.1) is 0 Å². The number of nitrogen functional groups attached to an aromatic ring is 2. The Labute approximate surface area is 68.3 Å². The summed E-state index contributed by atoms with van der Waals surface area (Å²) in [5.74, 6) is 0.358. The Morgan fingerprint density at radius 3 is 2.55 bits per heavy atom. The number of rotatable bonds is 1. The van der Waals surface area contributed by atoms with Crippen molar-refractivity contribution in [2.24, 2.45) is 0 Å². The van der Waals surface area contributed by atoms with Crippen LogP contribution >= 0.6 is 11.6 Å². The molecule has 0 aliphatic rings. The van der Waals surface area contributed by atoms with E-state index in [0.717, 1.165) is 0 Å². The first-order valence-corrected chi connectivity index (χ1v) is 3.15. The Hall–Kier alpha value is -1.23. The van der Waals surface area contributed by atoms with Crippen molar-refractivity contribution in [2.75, 3.05) is 18.6 Å². The zero-order chi connectivity index (χ0) is 8.43. The second-order valence-corrected chi connectivity index (χ2v) is 2.17. The Balaban J connectivity index is 3.24. The SMILES string of the molecule is COc1nc(N)nc(N)c1Cl. The molecule has 1 rings (SSSR count). The van der Waals surface area contributed by atoms with Gasteiger partial charge >= 0.3 is 0 Å². The van der Waals surface area contributed by atoms with E-state index in [9.17, 15) is 0 Å². The summed E-state index contributed by atoms with van der Waals surface area (Å²) in [6.07, 6.45) is 0. The number of hydrogen-bond donors (Lipinski definition) is 2. The molecule has 0 amide bonds. The molecule has 0 unspecified atom stereocenters. The summed E-state index contributed by atoms with van der Waals surface area (Å²) in [4.78, 5) is 7.30. The van der Waals surface area contributed by atoms with Gasteiger partial charge in [0.05, 0.1) is 7.11 Å². The maximum absolute atomic E-state index is 5.63. The molecule has 4 N–H and O–H groups in total. The van der Waals surface area contributed by atoms with Gasteiger partial charge in [-0.05, 0) is 0 Å². The molecule has 0 aliphatic carbocycles. The number of anilines is 2. The molecule has 0 aromatic carbocycles. The molecule has 60 valence electrons. The monoisotopic (exact) mass is 174 g/mol. The van der Waals surface area contributed by atoms with E-state index in [-0.39, 0.29) is 22.7 Å². The zero-order valence-corrected chi connectivity index (χ0v) is 6.59. The van der Waals surface area contributed by atoms with Gasteiger partial charge in [0.1, 0.15) is 5.02 Å². The lowest BCUT2D eigenvalue weighted by Crippen LogP contribution is -2.02. The highest BCUT2D eigenvalue weighted by Crippen LogP contribution is 2.26. The third-order valence-electron chi connectivity index (χ3n) is 1.06. The maximum atomic E-state index is 5.63. The number of methoxy groups -OCH3 is 1. The van der Waals surface area contributed by atoms with Crippen LogP contribution in [-0.2, 0) is 0 Å². The Bertz CT molecular complexity index is 277. The molecule has 0 saturated heterocycles. The number of ether oxygens (including phenoxy) is 1. The number of nitrogens with two attached hydrogens (primary N) is 2. The van der Waals surface area contributed by atoms with Gasteiger partial charge < -0.3 is 16.2 Å². The largest absolute Gasteiger partial charge is 0.480 e. The Morgan fingerprint density at radius 2 is 2.00 bits per heavy atom. The van der Waals surface area contributed by atoms with E-state index in [1.807, 2.05) is 0 Å². The van der Waals surface area contributed by atoms with Crippen LogP contribution in [0.4, 0.5) is 11.8 Å². The van der Waals surface area contributed by atoms with Crippen molar-refractivity contribution in [2.45, 2.75) is 0 Å². The minimum absolute atomic E-state index is 0.0451. The summed E-state index contributed by atoms with van der Waals surface area (Å²) in [5, 5.41) is 0.182. The quantitative estimate of drug-likeness (QED) is 0.640. The molecule has 0 atom stereocenters. The van der Waals surface area contributed by atoms with Crippen molar-refractivity contribution in [1.29, 1.82) is 0 Å². The molecular formula is C5H7ClN4O. The van der Waals surface area contributed by atoms with Gasteiger partial charge in [-0.15, -0.1) is 0 Å². The van der Waals surface area contributed by atoms with E-state index in [2.05, 4.69) is 9.97 Å². The fourth-order valence-electron chi connectivity index (χ4n) is 0.595. The summed E-state index contributed by atoms with van der Waals surface area (Å²) in [6.45, 7) is 0. The van der Waals surface area contributed by atoms with Gasteiger partial charge in [0, 0.05) is 0 Å². The first kappa shape index (κ1) is 7.87. The van der Waals surface area contributed by atoms with E-state index >= 15 is 0 Å². The summed E-state index contributed by atoms with van der Waals surface area (Å²) in [7, 11) is 1.42. The second-order valence-electron chi connectivity index (χ2n) is 1.79. The molecule has 0 saturated carbocycles. The van der Waals surface area contributed by atoms with Gasteiger partial charge in [-0.1, -0.05) is 11.6 Å². The average Bonchev–Trinajstić information content (AvgIpc) is 1.96. The van der Waals surface area contributed by atoms with Crippen LogP contribution in [0.1, 0.15) is 0 Å². The minimum Gasteiger partial charge on any atom is -0.480 e. The van der Waals surface area contributed by atoms with Crippen LogP contribution in [0.5, 0.6) is 5.88 Å². The van der Waals surface area contributed by atoms with E-state index < -0.39 is 0 Å². The van der Waals surface area contributed by atoms with Gasteiger partial charge in [-0.2, -0.15) is 9.97 Å². The first-order valence-electron chi connectivity index (χ1n) is 2.77. The van der Waals surface area contributed by atoms with Crippen LogP contribution < -0.4 is 16.2 Å². The number of nitrogens with zero attached hydrogens (tertiary/aromatic N) is 2. The average molecular weight is 175 g/mol. The van der Waals surface area contributed by atoms with E-state index in [0.29, 0.717) is 0 Å². The maximum Gasteiger partial charge on any atom is 0.239 e. The predicted molar refractivity (Wildman–Crippen MR) is 42.4 cm³/mol. The van der Waals surface area contributed by atoms with Crippen LogP contribution in [0.25, 0.3) is 0 Å². The van der Waals surface area contributed by atoms with Crippen molar-refractivity contribution in [1.82, 2.24) is 9.97 Å². The molecular weight excluding hydrogens is 168 g/mol. The summed E-state index contributed by atoms with van der Waals surface area (Å²) >= 11 is 5.63. The normalized spacial score (nSPS) is 9.64.